The van der Waals surface area contributed by atoms with Crippen molar-refractivity contribution in [1.82, 2.24) is 14.8 Å². The lowest BCUT2D eigenvalue weighted by Gasteiger charge is -2.33. The fourth-order valence-electron chi connectivity index (χ4n) is 5.85. The van der Waals surface area contributed by atoms with Gasteiger partial charge >= 0.3 is 18.2 Å². The molecule has 3 heterocycles. The molecule has 6 rings (SSSR count). The number of halogens is 1. The molecular formula is C37H40FN5O7. The number of imide groups is 1. The van der Waals surface area contributed by atoms with E-state index in [0.29, 0.717) is 60.1 Å². The summed E-state index contributed by atoms with van der Waals surface area (Å²) in [5, 5.41) is 3.18. The summed E-state index contributed by atoms with van der Waals surface area (Å²) in [6.07, 6.45) is 2.81. The van der Waals surface area contributed by atoms with Crippen LogP contribution in [-0.2, 0) is 4.74 Å². The van der Waals surface area contributed by atoms with Gasteiger partial charge in [0.2, 0.25) is 0 Å². The number of nitrogens with one attached hydrogen (secondary N) is 1. The van der Waals surface area contributed by atoms with Crippen molar-refractivity contribution in [1.29, 1.82) is 0 Å². The SMILES string of the molecule is COc1cc2c(Oc3ccc(NC(=O)N4CCN(c5ccccc5)C4=O)cc3F)ccnc2cc1OCC1CCN(C(=O)OC(C)(C)C)CC1. The first-order valence-corrected chi connectivity index (χ1v) is 16.5. The number of carbonyl (C=O) groups is 3. The Hall–Kier alpha value is -5.59. The van der Waals surface area contributed by atoms with E-state index in [1.807, 2.05) is 39.0 Å². The van der Waals surface area contributed by atoms with Gasteiger partial charge in [-0.1, -0.05) is 18.2 Å². The van der Waals surface area contributed by atoms with Crippen LogP contribution in [0.2, 0.25) is 0 Å². The minimum absolute atomic E-state index is 0.0694. The normalized spacial score (nSPS) is 15.3. The van der Waals surface area contributed by atoms with Gasteiger partial charge in [-0.05, 0) is 75.9 Å². The van der Waals surface area contributed by atoms with Crippen molar-refractivity contribution in [2.24, 2.45) is 5.92 Å². The molecule has 5 amide bonds. The third-order valence-corrected chi connectivity index (χ3v) is 8.45. The molecule has 2 fully saturated rings. The maximum atomic E-state index is 15.3. The van der Waals surface area contributed by atoms with Crippen LogP contribution >= 0.6 is 0 Å². The van der Waals surface area contributed by atoms with Crippen molar-refractivity contribution >= 4 is 40.4 Å². The molecule has 12 nitrogen and oxygen atoms in total. The molecule has 3 aromatic carbocycles. The second-order valence-electron chi connectivity index (χ2n) is 13.1. The lowest BCUT2D eigenvalue weighted by molar-refractivity contribution is 0.0164. The second-order valence-corrected chi connectivity index (χ2v) is 13.1. The average molecular weight is 686 g/mol. The monoisotopic (exact) mass is 685 g/mol. The van der Waals surface area contributed by atoms with Gasteiger partial charge in [0, 0.05) is 54.7 Å². The van der Waals surface area contributed by atoms with E-state index in [2.05, 4.69) is 10.3 Å². The highest BCUT2D eigenvalue weighted by molar-refractivity contribution is 6.08. The number of amides is 5. The van der Waals surface area contributed by atoms with E-state index in [4.69, 9.17) is 18.9 Å². The van der Waals surface area contributed by atoms with Crippen molar-refractivity contribution < 1.29 is 37.7 Å². The van der Waals surface area contributed by atoms with Gasteiger partial charge in [0.25, 0.3) is 0 Å². The van der Waals surface area contributed by atoms with Crippen LogP contribution in [0.25, 0.3) is 10.9 Å². The van der Waals surface area contributed by atoms with Gasteiger partial charge in [0.1, 0.15) is 11.4 Å². The van der Waals surface area contributed by atoms with Crippen LogP contribution < -0.4 is 24.4 Å². The van der Waals surface area contributed by atoms with Gasteiger partial charge in [0.05, 0.1) is 25.8 Å². The van der Waals surface area contributed by atoms with Gasteiger partial charge in [0.15, 0.2) is 23.1 Å². The van der Waals surface area contributed by atoms with Gasteiger partial charge in [-0.3, -0.25) is 9.88 Å². The molecule has 0 aliphatic carbocycles. The Balaban J connectivity index is 1.08. The van der Waals surface area contributed by atoms with Gasteiger partial charge < -0.3 is 29.2 Å². The van der Waals surface area contributed by atoms with E-state index < -0.39 is 23.5 Å². The Morgan fingerprint density at radius 3 is 2.38 bits per heavy atom. The number of hydrogen-bond donors (Lipinski definition) is 1. The van der Waals surface area contributed by atoms with Gasteiger partial charge in [-0.25, -0.2) is 23.7 Å². The van der Waals surface area contributed by atoms with E-state index in [1.54, 1.807) is 41.4 Å². The highest BCUT2D eigenvalue weighted by Gasteiger charge is 2.34. The number of nitrogens with zero attached hydrogens (tertiary/aromatic N) is 4. The largest absolute Gasteiger partial charge is 0.493 e. The summed E-state index contributed by atoms with van der Waals surface area (Å²) in [7, 11) is 1.53. The number of anilines is 2. The first-order valence-electron chi connectivity index (χ1n) is 16.5. The Bertz CT molecular complexity index is 1880. The number of methoxy groups -OCH3 is 1. The predicted octanol–water partition coefficient (Wildman–Crippen LogP) is 7.67. The van der Waals surface area contributed by atoms with E-state index in [-0.39, 0.29) is 30.0 Å². The molecular weight excluding hydrogens is 645 g/mol. The molecule has 4 aromatic rings. The predicted molar refractivity (Wildman–Crippen MR) is 186 cm³/mol. The van der Waals surface area contributed by atoms with Crippen LogP contribution in [0.3, 0.4) is 0 Å². The van der Waals surface area contributed by atoms with Crippen LogP contribution in [0.1, 0.15) is 33.6 Å². The first-order chi connectivity index (χ1) is 24.0. The topological polar surface area (TPSA) is 123 Å². The third kappa shape index (κ3) is 7.82. The number of piperidine rings is 1. The quantitative estimate of drug-likeness (QED) is 0.201. The third-order valence-electron chi connectivity index (χ3n) is 8.45. The number of likely N-dealkylation sites (tertiary alicyclic amines) is 1. The fraction of sp³-hybridized carbons (Fsp3) is 0.351. The number of carbonyl (C=O) groups excluding carboxylic acids is 3. The zero-order chi connectivity index (χ0) is 35.4. The summed E-state index contributed by atoms with van der Waals surface area (Å²) in [6, 6.07) is 17.1. The fourth-order valence-corrected chi connectivity index (χ4v) is 5.85. The molecule has 0 unspecified atom stereocenters. The average Bonchev–Trinajstić information content (AvgIpc) is 3.49. The Labute approximate surface area is 289 Å². The summed E-state index contributed by atoms with van der Waals surface area (Å²) in [5.74, 6) is 0.772. The van der Waals surface area contributed by atoms with Crippen molar-refractivity contribution in [3.05, 3.63) is 78.7 Å². The smallest absolute Gasteiger partial charge is 0.410 e. The zero-order valence-electron chi connectivity index (χ0n) is 28.5. The number of urea groups is 2. The number of pyridine rings is 1. The van der Waals surface area contributed by atoms with Crippen LogP contribution in [0.15, 0.2) is 72.9 Å². The number of para-hydroxylation sites is 1. The number of hydrogen-bond acceptors (Lipinski definition) is 8. The molecule has 0 atom stereocenters. The molecule has 0 spiro atoms. The second kappa shape index (κ2) is 14.5. The van der Waals surface area contributed by atoms with Crippen molar-refractivity contribution in [3.8, 4) is 23.0 Å². The molecule has 0 bridgehead atoms. The van der Waals surface area contributed by atoms with Crippen molar-refractivity contribution in [2.75, 3.05) is 50.1 Å². The lowest BCUT2D eigenvalue weighted by Crippen LogP contribution is -2.42. The van der Waals surface area contributed by atoms with Gasteiger partial charge in [-0.2, -0.15) is 0 Å². The summed E-state index contributed by atoms with van der Waals surface area (Å²) < 4.78 is 38.6. The first kappa shape index (κ1) is 34.3. The van der Waals surface area contributed by atoms with E-state index >= 15 is 4.39 Å². The number of fused-ring (bicyclic) bond motifs is 1. The Morgan fingerprint density at radius 1 is 0.920 bits per heavy atom. The Kier molecular flexibility index (Phi) is 9.93. The number of benzene rings is 3. The minimum atomic E-state index is -0.712. The zero-order valence-corrected chi connectivity index (χ0v) is 28.5. The van der Waals surface area contributed by atoms with Crippen molar-refractivity contribution in [2.45, 2.75) is 39.2 Å². The molecule has 50 heavy (non-hydrogen) atoms. The minimum Gasteiger partial charge on any atom is -0.493 e. The number of rotatable bonds is 8. The molecule has 2 aliphatic rings. The molecule has 0 radical (unpaired) electrons. The number of aromatic nitrogens is 1. The molecule has 1 N–H and O–H groups in total. The Morgan fingerprint density at radius 2 is 1.68 bits per heavy atom. The van der Waals surface area contributed by atoms with E-state index in [0.717, 1.165) is 23.8 Å². The molecule has 262 valence electrons. The van der Waals surface area contributed by atoms with E-state index in [1.165, 1.54) is 24.1 Å². The lowest BCUT2D eigenvalue weighted by atomic mass is 9.98. The highest BCUT2D eigenvalue weighted by Crippen LogP contribution is 2.38. The summed E-state index contributed by atoms with van der Waals surface area (Å²) >= 11 is 0. The molecule has 13 heteroatoms. The standard InChI is InChI=1S/C37H40FN5O7/c1-37(2,3)50-36(46)41-16-13-24(14-17-41)23-48-33-22-29-27(21-32(33)47-4)30(12-15-39-29)49-31-11-10-25(20-28(31)38)40-34(44)43-19-18-42(35(43)45)26-8-6-5-7-9-26/h5-12,15,20-22,24H,13-14,16-19,23H2,1-4H3,(H,40,44). The molecule has 2 aliphatic heterocycles. The maximum absolute atomic E-state index is 15.3. The highest BCUT2D eigenvalue weighted by atomic mass is 19.1. The van der Waals surface area contributed by atoms with Crippen molar-refractivity contribution in [3.63, 3.8) is 0 Å². The maximum Gasteiger partial charge on any atom is 0.410 e. The van der Waals surface area contributed by atoms with Gasteiger partial charge in [-0.15, -0.1) is 0 Å². The summed E-state index contributed by atoms with van der Waals surface area (Å²) in [5.41, 5.74) is 0.885. The molecule has 1 aromatic heterocycles. The summed E-state index contributed by atoms with van der Waals surface area (Å²) in [6.45, 7) is 7.73. The number of ether oxygens (including phenoxy) is 4. The van der Waals surface area contributed by atoms with Crippen LogP contribution in [0, 0.1) is 11.7 Å². The van der Waals surface area contributed by atoms with Crippen LogP contribution in [0.5, 0.6) is 23.0 Å². The van der Waals surface area contributed by atoms with Crippen LogP contribution in [0.4, 0.5) is 30.1 Å². The van der Waals surface area contributed by atoms with Crippen LogP contribution in [-0.4, -0.2) is 78.4 Å². The summed E-state index contributed by atoms with van der Waals surface area (Å²) in [4.78, 5) is 47.0. The molecule has 2 saturated heterocycles. The van der Waals surface area contributed by atoms with E-state index in [9.17, 15) is 14.4 Å². The molecule has 0 saturated carbocycles.